The Bertz CT molecular complexity index is 729. The molecule has 0 unspecified atom stereocenters. The number of H-pyrrole nitrogens is 2. The fourth-order valence-corrected chi connectivity index (χ4v) is 3.45. The van der Waals surface area contributed by atoms with Crippen LogP contribution in [0.2, 0.25) is 0 Å². The van der Waals surface area contributed by atoms with Gasteiger partial charge in [0.15, 0.2) is 4.77 Å². The molecule has 0 radical (unpaired) electrons. The Morgan fingerprint density at radius 2 is 1.45 bits per heavy atom. The number of rotatable bonds is 4. The van der Waals surface area contributed by atoms with Crippen LogP contribution < -0.4 is 5.56 Å². The van der Waals surface area contributed by atoms with Gasteiger partial charge in [-0.2, -0.15) is 8.62 Å². The van der Waals surface area contributed by atoms with Crippen molar-refractivity contribution in [1.29, 1.82) is 0 Å². The second-order valence-corrected chi connectivity index (χ2v) is 7.98. The van der Waals surface area contributed by atoms with E-state index in [1.807, 2.05) is 0 Å². The van der Waals surface area contributed by atoms with E-state index in [2.05, 4.69) is 30.8 Å². The van der Waals surface area contributed by atoms with Crippen LogP contribution in [0.4, 0.5) is 0 Å². The summed E-state index contributed by atoms with van der Waals surface area (Å²) in [6, 6.07) is 0. The summed E-state index contributed by atoms with van der Waals surface area (Å²) in [6.07, 6.45) is 1.58. The Morgan fingerprint density at radius 1 is 1.05 bits per heavy atom. The molecule has 0 bridgehead atoms. The van der Waals surface area contributed by atoms with Gasteiger partial charge in [-0.25, -0.2) is 13.7 Å². The van der Waals surface area contributed by atoms with Crippen LogP contribution in [0.3, 0.4) is 0 Å². The third-order valence-corrected chi connectivity index (χ3v) is 5.00. The van der Waals surface area contributed by atoms with Crippen LogP contribution in [0.25, 0.3) is 0 Å². The van der Waals surface area contributed by atoms with Crippen molar-refractivity contribution in [2.75, 3.05) is 0 Å². The van der Waals surface area contributed by atoms with E-state index in [4.69, 9.17) is 24.5 Å². The Kier molecular flexibility index (Phi) is 7.69. The maximum atomic E-state index is 10.7. The monoisotopic (exact) mass is 400 g/mol. The summed E-state index contributed by atoms with van der Waals surface area (Å²) in [5.41, 5.74) is 0.516. The van der Waals surface area contributed by atoms with Crippen LogP contribution in [0, 0.1) is 11.7 Å². The summed E-state index contributed by atoms with van der Waals surface area (Å²) in [5, 5.41) is 0. The average Bonchev–Trinajstić information content (AvgIpc) is 2.17. The summed E-state index contributed by atoms with van der Waals surface area (Å²) in [6.45, 7) is 1.71. The van der Waals surface area contributed by atoms with Crippen LogP contribution in [-0.4, -0.2) is 34.4 Å². The normalized spacial score (nSPS) is 12.5. The second-order valence-electron chi connectivity index (χ2n) is 3.37. The molecule has 22 heavy (non-hydrogen) atoms. The molecule has 0 aliphatic rings. The van der Waals surface area contributed by atoms with Crippen molar-refractivity contribution in [2.45, 2.75) is 6.92 Å². The highest BCUT2D eigenvalue weighted by Gasteiger charge is 2.38. The van der Waals surface area contributed by atoms with E-state index < -0.39 is 23.5 Å². The zero-order valence-electron chi connectivity index (χ0n) is 10.5. The molecule has 0 aromatic carbocycles. The summed E-state index contributed by atoms with van der Waals surface area (Å²) in [7, 11) is -16.2. The maximum Gasteiger partial charge on any atom is 0.490 e. The second kappa shape index (κ2) is 7.86. The molecular formula is C5H11N2O11P3S. The van der Waals surface area contributed by atoms with E-state index >= 15 is 0 Å². The predicted octanol–water partition coefficient (Wildman–Crippen LogP) is 0.0463. The number of hydrogen-bond acceptors (Lipinski definition) is 7. The first-order valence-electron chi connectivity index (χ1n) is 4.76. The number of aromatic nitrogens is 2. The van der Waals surface area contributed by atoms with E-state index in [0.29, 0.717) is 10.3 Å². The molecule has 0 saturated heterocycles. The van der Waals surface area contributed by atoms with Crippen molar-refractivity contribution >= 4 is 35.7 Å². The van der Waals surface area contributed by atoms with Gasteiger partial charge in [-0.05, 0) is 19.1 Å². The van der Waals surface area contributed by atoms with Crippen LogP contribution in [0.1, 0.15) is 5.56 Å². The van der Waals surface area contributed by atoms with E-state index in [-0.39, 0.29) is 5.56 Å². The third-order valence-electron chi connectivity index (χ3n) is 1.42. The van der Waals surface area contributed by atoms with E-state index in [1.54, 1.807) is 13.1 Å². The Labute approximate surface area is 127 Å². The number of aryl methyl sites for hydroxylation is 1. The van der Waals surface area contributed by atoms with Crippen molar-refractivity contribution in [3.8, 4) is 0 Å². The third kappa shape index (κ3) is 11.1. The highest BCUT2D eigenvalue weighted by atomic mass is 32.1. The van der Waals surface area contributed by atoms with Gasteiger partial charge in [0.1, 0.15) is 0 Å². The average molecular weight is 400 g/mol. The first kappa shape index (κ1) is 21.5. The summed E-state index contributed by atoms with van der Waals surface area (Å²) in [5.74, 6) is 0. The minimum absolute atomic E-state index is 0.126. The van der Waals surface area contributed by atoms with Gasteiger partial charge in [-0.1, -0.05) is 0 Å². The molecule has 0 fully saturated rings. The van der Waals surface area contributed by atoms with Crippen molar-refractivity contribution in [2.24, 2.45) is 0 Å². The molecule has 0 spiro atoms. The first-order valence-corrected chi connectivity index (χ1v) is 9.73. The van der Waals surface area contributed by atoms with E-state index in [0.717, 1.165) is 0 Å². The zero-order valence-corrected chi connectivity index (χ0v) is 14.0. The van der Waals surface area contributed by atoms with Crippen LogP contribution in [0.5, 0.6) is 0 Å². The molecule has 0 aliphatic heterocycles. The first-order chi connectivity index (χ1) is 9.61. The SMILES string of the molecule is Cc1c[nH]c(=S)[nH]c1=O.O=P(O)(O)OP(=O)(O)OP(=O)(O)O. The summed E-state index contributed by atoms with van der Waals surface area (Å²) < 4.78 is 36.7. The van der Waals surface area contributed by atoms with Gasteiger partial charge in [-0.15, -0.1) is 0 Å². The quantitative estimate of drug-likeness (QED) is 0.263. The Balaban J connectivity index is 0.000000425. The molecule has 0 saturated carbocycles. The lowest BCUT2D eigenvalue weighted by atomic mass is 10.4. The molecule has 128 valence electrons. The van der Waals surface area contributed by atoms with Crippen LogP contribution >= 0.6 is 35.7 Å². The maximum absolute atomic E-state index is 10.7. The van der Waals surface area contributed by atoms with Gasteiger partial charge in [0.25, 0.3) is 5.56 Å². The highest BCUT2D eigenvalue weighted by molar-refractivity contribution is 7.71. The van der Waals surface area contributed by atoms with Crippen molar-refractivity contribution in [3.05, 3.63) is 26.9 Å². The van der Waals surface area contributed by atoms with Crippen LogP contribution in [0.15, 0.2) is 11.0 Å². The standard InChI is InChI=1S/C5H6N2OS.H5O10P3/c1-3-2-6-5(9)7-4(3)8;1-11(2,3)9-13(7,8)10-12(4,5)6/h2H,1H3,(H2,6,7,8,9);(H,7,8)(H2,1,2,3)(H2,4,5,6). The van der Waals surface area contributed by atoms with Gasteiger partial charge >= 0.3 is 23.5 Å². The lowest BCUT2D eigenvalue weighted by Gasteiger charge is -2.11. The van der Waals surface area contributed by atoms with Gasteiger partial charge in [0.05, 0.1) is 0 Å². The molecule has 1 aromatic rings. The minimum atomic E-state index is -5.46. The predicted molar refractivity (Wildman–Crippen MR) is 73.1 cm³/mol. The molecule has 17 heteroatoms. The summed E-state index contributed by atoms with van der Waals surface area (Å²) >= 11 is 4.65. The van der Waals surface area contributed by atoms with Crippen LogP contribution in [-0.2, 0) is 22.3 Å². The van der Waals surface area contributed by atoms with Gasteiger partial charge in [0.2, 0.25) is 0 Å². The lowest BCUT2D eigenvalue weighted by molar-refractivity contribution is 0.204. The molecule has 1 heterocycles. The van der Waals surface area contributed by atoms with Crippen molar-refractivity contribution < 1.29 is 46.8 Å². The molecule has 1 aromatic heterocycles. The Morgan fingerprint density at radius 3 is 1.73 bits per heavy atom. The number of aromatic amines is 2. The van der Waals surface area contributed by atoms with Crippen molar-refractivity contribution in [1.82, 2.24) is 9.97 Å². The molecule has 0 aliphatic carbocycles. The van der Waals surface area contributed by atoms with Crippen molar-refractivity contribution in [3.63, 3.8) is 0 Å². The molecule has 0 atom stereocenters. The van der Waals surface area contributed by atoms with E-state index in [1.165, 1.54) is 0 Å². The number of phosphoric acid groups is 3. The highest BCUT2D eigenvalue weighted by Crippen LogP contribution is 2.64. The smallest absolute Gasteiger partial charge is 0.338 e. The zero-order chi connectivity index (χ0) is 17.8. The molecule has 13 nitrogen and oxygen atoms in total. The minimum Gasteiger partial charge on any atom is -0.338 e. The fraction of sp³-hybridized carbons (Fsp3) is 0.200. The van der Waals surface area contributed by atoms with E-state index in [9.17, 15) is 18.5 Å². The number of hydrogen-bond donors (Lipinski definition) is 7. The largest absolute Gasteiger partial charge is 0.490 e. The summed E-state index contributed by atoms with van der Waals surface area (Å²) in [4.78, 5) is 56.0. The topological polar surface area (TPSA) is 219 Å². The van der Waals surface area contributed by atoms with Gasteiger partial charge in [-0.3, -0.25) is 9.78 Å². The molecule has 7 N–H and O–H groups in total. The van der Waals surface area contributed by atoms with Gasteiger partial charge in [0, 0.05) is 11.8 Å². The number of nitrogens with one attached hydrogen (secondary N) is 2. The molecule has 1 rings (SSSR count). The Hall–Kier alpha value is -0.490. The lowest BCUT2D eigenvalue weighted by Crippen LogP contribution is -2.09. The molecule has 0 amide bonds. The molecular weight excluding hydrogens is 389 g/mol. The fourth-order valence-electron chi connectivity index (χ4n) is 0.761. The van der Waals surface area contributed by atoms with Gasteiger partial charge < -0.3 is 29.5 Å².